The van der Waals surface area contributed by atoms with E-state index in [2.05, 4.69) is 0 Å². The minimum absolute atomic E-state index is 0. The molecule has 0 amide bonds. The molecule has 0 N–H and O–H groups in total. The molecule has 10 heteroatoms. The van der Waals surface area contributed by atoms with Gasteiger partial charge < -0.3 is 4.55 Å². The summed E-state index contributed by atoms with van der Waals surface area (Å²) in [7, 11) is -5.08. The predicted molar refractivity (Wildman–Crippen MR) is 40.1 cm³/mol. The van der Waals surface area contributed by atoms with E-state index >= 15 is 0 Å². The first-order valence-electron chi connectivity index (χ1n) is 3.75. The van der Waals surface area contributed by atoms with Crippen LogP contribution in [-0.2, 0) is 10.1 Å². The number of hydrogen-bond donors (Lipinski definition) is 0. The Morgan fingerprint density at radius 3 is 1.69 bits per heavy atom. The molecule has 0 aromatic heterocycles. The molecular weight excluding hydrogens is 286 g/mol. The van der Waals surface area contributed by atoms with E-state index in [1.807, 2.05) is 0 Å². The zero-order valence-corrected chi connectivity index (χ0v) is 12.2. The van der Waals surface area contributed by atoms with Crippen LogP contribution in [0, 0.1) is 0 Å². The Morgan fingerprint density at radius 1 is 1.00 bits per heavy atom. The van der Waals surface area contributed by atoms with Gasteiger partial charge in [0.25, 0.3) is 0 Å². The maximum atomic E-state index is 12.6. The van der Waals surface area contributed by atoms with Crippen molar-refractivity contribution in [3.8, 4) is 0 Å². The van der Waals surface area contributed by atoms with E-state index in [1.165, 1.54) is 0 Å². The van der Waals surface area contributed by atoms with Crippen LogP contribution in [-0.4, -0.2) is 50.1 Å². The van der Waals surface area contributed by atoms with Crippen molar-refractivity contribution in [2.45, 2.75) is 24.7 Å². The molecule has 4 unspecified atom stereocenters. The van der Waals surface area contributed by atoms with Gasteiger partial charge in [0.2, 0.25) is 0 Å². The van der Waals surface area contributed by atoms with Gasteiger partial charge >= 0.3 is 51.4 Å². The van der Waals surface area contributed by atoms with Crippen molar-refractivity contribution in [2.75, 3.05) is 12.4 Å². The summed E-state index contributed by atoms with van der Waals surface area (Å²) in [5.74, 6) is -1.81. The van der Waals surface area contributed by atoms with Crippen LogP contribution >= 0.6 is 0 Å². The molecule has 0 aliphatic carbocycles. The Balaban J connectivity index is 0. The molecule has 16 heavy (non-hydrogen) atoms. The average Bonchev–Trinajstić information content (AvgIpc) is 2.11. The van der Waals surface area contributed by atoms with E-state index in [1.54, 1.807) is 0 Å². The monoisotopic (exact) mass is 294 g/mol. The number of halogens is 5. The van der Waals surface area contributed by atoms with Crippen molar-refractivity contribution in [3.63, 3.8) is 0 Å². The van der Waals surface area contributed by atoms with Gasteiger partial charge in [-0.25, -0.2) is 30.4 Å². The Labute approximate surface area is 132 Å². The fraction of sp³-hybridized carbons (Fsp3) is 1.00. The molecule has 0 rings (SSSR count). The molecular formula is C6H8F5KO3S. The Kier molecular flexibility index (Phi) is 10.2. The number of hydrogen-bond acceptors (Lipinski definition) is 3. The molecule has 0 bridgehead atoms. The number of rotatable bonds is 6. The summed E-state index contributed by atoms with van der Waals surface area (Å²) in [6.07, 6.45) is -12.2. The first-order chi connectivity index (χ1) is 6.69. The largest absolute Gasteiger partial charge is 1.00 e. The molecule has 0 saturated carbocycles. The molecule has 0 fully saturated rings. The molecule has 0 spiro atoms. The van der Waals surface area contributed by atoms with Gasteiger partial charge in [-0.3, -0.25) is 0 Å². The van der Waals surface area contributed by atoms with Crippen LogP contribution in [0.5, 0.6) is 0 Å². The molecule has 3 nitrogen and oxygen atoms in total. The Bertz CT molecular complexity index is 288. The summed E-state index contributed by atoms with van der Waals surface area (Å²) in [6, 6.07) is 0. The van der Waals surface area contributed by atoms with Gasteiger partial charge in [-0.1, -0.05) is 0 Å². The van der Waals surface area contributed by atoms with Crippen LogP contribution in [0.4, 0.5) is 22.0 Å². The summed E-state index contributed by atoms with van der Waals surface area (Å²) >= 11 is 0. The Morgan fingerprint density at radius 2 is 1.38 bits per heavy atom. The molecule has 4 atom stereocenters. The third-order valence-electron chi connectivity index (χ3n) is 1.51. The minimum Gasteiger partial charge on any atom is -0.748 e. The minimum atomic E-state index is -5.08. The second-order valence-corrected chi connectivity index (χ2v) is 4.25. The SMILES string of the molecule is O=S(=O)([O-])CC(F)C(F)C(F)C(F)CF.[K+]. The van der Waals surface area contributed by atoms with Crippen molar-refractivity contribution in [3.05, 3.63) is 0 Å². The van der Waals surface area contributed by atoms with Gasteiger partial charge in [-0.15, -0.1) is 0 Å². The topological polar surface area (TPSA) is 57.2 Å². The maximum Gasteiger partial charge on any atom is 1.00 e. The van der Waals surface area contributed by atoms with Gasteiger partial charge in [-0.2, -0.15) is 0 Å². The van der Waals surface area contributed by atoms with Crippen molar-refractivity contribution < 1.29 is 86.3 Å². The molecule has 0 aromatic carbocycles. The van der Waals surface area contributed by atoms with E-state index in [-0.39, 0.29) is 51.4 Å². The molecule has 0 saturated heterocycles. The van der Waals surface area contributed by atoms with E-state index in [0.29, 0.717) is 0 Å². The average molecular weight is 294 g/mol. The fourth-order valence-corrected chi connectivity index (χ4v) is 1.34. The fourth-order valence-electron chi connectivity index (χ4n) is 0.771. The Hall–Kier alpha value is 1.20. The first kappa shape index (κ1) is 19.5. The molecule has 0 aliphatic heterocycles. The smallest absolute Gasteiger partial charge is 0.748 e. The van der Waals surface area contributed by atoms with Gasteiger partial charge in [0.15, 0.2) is 18.5 Å². The normalized spacial score (nSPS) is 19.4. The van der Waals surface area contributed by atoms with Crippen LogP contribution in [0.2, 0.25) is 0 Å². The third-order valence-corrected chi connectivity index (χ3v) is 2.23. The van der Waals surface area contributed by atoms with Crippen LogP contribution in [0.25, 0.3) is 0 Å². The summed E-state index contributed by atoms with van der Waals surface area (Å²) in [5.41, 5.74) is 0. The summed E-state index contributed by atoms with van der Waals surface area (Å²) in [4.78, 5) is 0. The van der Waals surface area contributed by atoms with Crippen molar-refractivity contribution in [2.24, 2.45) is 0 Å². The first-order valence-corrected chi connectivity index (χ1v) is 5.32. The van der Waals surface area contributed by atoms with E-state index in [0.717, 1.165) is 0 Å². The summed E-state index contributed by atoms with van der Waals surface area (Å²) in [6.45, 7) is -1.86. The standard InChI is InChI=1S/C6H9F5O3S.K/c7-1-3(8)5(10)6(11)4(9)2-15(12,13)14;/h3-6H,1-2H2,(H,12,13,14);/q;+1/p-1. The van der Waals surface area contributed by atoms with Crippen molar-refractivity contribution in [1.82, 2.24) is 0 Å². The van der Waals surface area contributed by atoms with Crippen molar-refractivity contribution >= 4 is 10.1 Å². The zero-order valence-electron chi connectivity index (χ0n) is 8.25. The summed E-state index contributed by atoms with van der Waals surface area (Å²) in [5, 5.41) is 0. The van der Waals surface area contributed by atoms with Crippen LogP contribution < -0.4 is 51.4 Å². The van der Waals surface area contributed by atoms with E-state index in [9.17, 15) is 34.9 Å². The zero-order chi connectivity index (χ0) is 12.2. The number of alkyl halides is 5. The van der Waals surface area contributed by atoms with Gasteiger partial charge in [-0.05, 0) is 0 Å². The molecule has 0 aromatic rings. The predicted octanol–water partition coefficient (Wildman–Crippen LogP) is -2.14. The van der Waals surface area contributed by atoms with Gasteiger partial charge in [0, 0.05) is 0 Å². The quantitative estimate of drug-likeness (QED) is 0.319. The van der Waals surface area contributed by atoms with Gasteiger partial charge in [0.1, 0.15) is 12.8 Å². The van der Waals surface area contributed by atoms with Gasteiger partial charge in [0.05, 0.1) is 15.9 Å². The molecule has 92 valence electrons. The molecule has 0 aliphatic rings. The second-order valence-electron chi connectivity index (χ2n) is 2.80. The van der Waals surface area contributed by atoms with E-state index < -0.39 is 47.2 Å². The van der Waals surface area contributed by atoms with Crippen LogP contribution in [0.1, 0.15) is 0 Å². The van der Waals surface area contributed by atoms with Crippen LogP contribution in [0.3, 0.4) is 0 Å². The van der Waals surface area contributed by atoms with E-state index in [4.69, 9.17) is 0 Å². The molecule has 0 heterocycles. The third kappa shape index (κ3) is 7.51. The molecule has 0 radical (unpaired) electrons. The second kappa shape index (κ2) is 8.32. The maximum absolute atomic E-state index is 12.6. The van der Waals surface area contributed by atoms with Crippen molar-refractivity contribution in [1.29, 1.82) is 0 Å². The summed E-state index contributed by atoms with van der Waals surface area (Å²) < 4.78 is 91.2. The van der Waals surface area contributed by atoms with Crippen LogP contribution in [0.15, 0.2) is 0 Å².